The lowest BCUT2D eigenvalue weighted by Gasteiger charge is -2.28. The van der Waals surface area contributed by atoms with Crippen molar-refractivity contribution in [3.63, 3.8) is 0 Å². The highest BCUT2D eigenvalue weighted by Gasteiger charge is 2.26. The van der Waals surface area contributed by atoms with Gasteiger partial charge in [0.2, 0.25) is 5.91 Å². The SMILES string of the molecule is Cc1nn(Cc2ccc(Cl)cc2F)c2c1CCN(C(=O)CNCCC(=O)O)C2. The summed E-state index contributed by atoms with van der Waals surface area (Å²) < 4.78 is 15.9. The summed E-state index contributed by atoms with van der Waals surface area (Å²) in [7, 11) is 0. The van der Waals surface area contributed by atoms with Gasteiger partial charge in [0, 0.05) is 23.7 Å². The standard InChI is InChI=1S/C19H22ClFN4O3/c1-12-15-5-7-24(18(26)9-22-6-4-19(27)28)11-17(15)25(23-12)10-13-2-3-14(20)8-16(13)21/h2-3,8,22H,4-7,9-11H2,1H3,(H,27,28). The van der Waals surface area contributed by atoms with Gasteiger partial charge in [0.25, 0.3) is 0 Å². The predicted molar refractivity (Wildman–Crippen MR) is 102 cm³/mol. The molecule has 0 unspecified atom stereocenters. The number of carboxylic acid groups (broad SMARTS) is 1. The number of halogens is 2. The van der Waals surface area contributed by atoms with Crippen LogP contribution in [0.15, 0.2) is 18.2 Å². The first-order valence-electron chi connectivity index (χ1n) is 9.04. The van der Waals surface area contributed by atoms with E-state index < -0.39 is 5.97 Å². The van der Waals surface area contributed by atoms with Crippen LogP contribution in [-0.4, -0.2) is 51.3 Å². The highest BCUT2D eigenvalue weighted by Crippen LogP contribution is 2.24. The lowest BCUT2D eigenvalue weighted by Crippen LogP contribution is -2.42. The molecule has 150 valence electrons. The van der Waals surface area contributed by atoms with Gasteiger partial charge in [0.15, 0.2) is 0 Å². The third-order valence-electron chi connectivity index (χ3n) is 4.82. The van der Waals surface area contributed by atoms with E-state index >= 15 is 0 Å². The topological polar surface area (TPSA) is 87.5 Å². The number of carbonyl (C=O) groups is 2. The number of carbonyl (C=O) groups excluding carboxylic acids is 1. The van der Waals surface area contributed by atoms with Gasteiger partial charge in [-0.25, -0.2) is 4.39 Å². The first-order valence-corrected chi connectivity index (χ1v) is 9.42. The maximum Gasteiger partial charge on any atom is 0.304 e. The molecule has 1 aliphatic rings. The van der Waals surface area contributed by atoms with E-state index in [-0.39, 0.29) is 37.8 Å². The lowest BCUT2D eigenvalue weighted by atomic mass is 10.0. The van der Waals surface area contributed by atoms with Gasteiger partial charge in [-0.2, -0.15) is 5.10 Å². The molecule has 2 aromatic rings. The second-order valence-corrected chi connectivity index (χ2v) is 7.23. The molecular weight excluding hydrogens is 387 g/mol. The van der Waals surface area contributed by atoms with Crippen LogP contribution in [0.3, 0.4) is 0 Å². The minimum absolute atomic E-state index is 0.0317. The molecule has 0 spiro atoms. The lowest BCUT2D eigenvalue weighted by molar-refractivity contribution is -0.137. The fourth-order valence-corrected chi connectivity index (χ4v) is 3.49. The number of hydrogen-bond acceptors (Lipinski definition) is 4. The average Bonchev–Trinajstić information content (AvgIpc) is 2.96. The molecule has 0 radical (unpaired) electrons. The smallest absolute Gasteiger partial charge is 0.304 e. The van der Waals surface area contributed by atoms with Gasteiger partial charge in [-0.15, -0.1) is 0 Å². The fraction of sp³-hybridized carbons (Fsp3) is 0.421. The molecule has 7 nitrogen and oxygen atoms in total. The van der Waals surface area contributed by atoms with E-state index in [0.717, 1.165) is 17.0 Å². The van der Waals surface area contributed by atoms with Crippen molar-refractivity contribution in [3.05, 3.63) is 51.6 Å². The minimum Gasteiger partial charge on any atom is -0.481 e. The Morgan fingerprint density at radius 2 is 2.18 bits per heavy atom. The highest BCUT2D eigenvalue weighted by atomic mass is 35.5. The van der Waals surface area contributed by atoms with Gasteiger partial charge in [-0.1, -0.05) is 17.7 Å². The van der Waals surface area contributed by atoms with Gasteiger partial charge in [0.1, 0.15) is 5.82 Å². The van der Waals surface area contributed by atoms with Crippen LogP contribution in [0.5, 0.6) is 0 Å². The van der Waals surface area contributed by atoms with E-state index in [9.17, 15) is 14.0 Å². The summed E-state index contributed by atoms with van der Waals surface area (Å²) in [6.07, 6.45) is 0.654. The van der Waals surface area contributed by atoms with Crippen molar-refractivity contribution < 1.29 is 19.1 Å². The summed E-state index contributed by atoms with van der Waals surface area (Å²) in [4.78, 5) is 24.7. The van der Waals surface area contributed by atoms with Crippen LogP contribution in [0.1, 0.15) is 28.9 Å². The zero-order valence-electron chi connectivity index (χ0n) is 15.5. The molecule has 1 amide bonds. The molecule has 0 fully saturated rings. The van der Waals surface area contributed by atoms with Gasteiger partial charge >= 0.3 is 5.97 Å². The number of carboxylic acids is 1. The number of nitrogens with zero attached hydrogens (tertiary/aromatic N) is 3. The quantitative estimate of drug-likeness (QED) is 0.684. The zero-order valence-corrected chi connectivity index (χ0v) is 16.3. The van der Waals surface area contributed by atoms with Crippen molar-refractivity contribution in [2.24, 2.45) is 0 Å². The maximum absolute atomic E-state index is 14.2. The number of aliphatic carboxylic acids is 1. The zero-order chi connectivity index (χ0) is 20.3. The summed E-state index contributed by atoms with van der Waals surface area (Å²) in [6.45, 7) is 3.48. The summed E-state index contributed by atoms with van der Waals surface area (Å²) in [5.74, 6) is -1.39. The molecule has 0 aliphatic carbocycles. The first kappa shape index (κ1) is 20.3. The van der Waals surface area contributed by atoms with E-state index in [0.29, 0.717) is 30.1 Å². The summed E-state index contributed by atoms with van der Waals surface area (Å²) >= 11 is 5.82. The molecule has 0 bridgehead atoms. The van der Waals surface area contributed by atoms with Crippen LogP contribution in [0, 0.1) is 12.7 Å². The van der Waals surface area contributed by atoms with Crippen molar-refractivity contribution >= 4 is 23.5 Å². The van der Waals surface area contributed by atoms with Crippen LogP contribution in [-0.2, 0) is 29.1 Å². The van der Waals surface area contributed by atoms with Crippen molar-refractivity contribution in [2.45, 2.75) is 32.9 Å². The maximum atomic E-state index is 14.2. The number of amides is 1. The molecule has 2 N–H and O–H groups in total. The van der Waals surface area contributed by atoms with Gasteiger partial charge in [-0.05, 0) is 31.0 Å². The van der Waals surface area contributed by atoms with Crippen LogP contribution in [0.4, 0.5) is 4.39 Å². The molecule has 2 heterocycles. The average molecular weight is 409 g/mol. The molecule has 1 aromatic heterocycles. The number of hydrogen-bond donors (Lipinski definition) is 2. The second-order valence-electron chi connectivity index (χ2n) is 6.79. The fourth-order valence-electron chi connectivity index (χ4n) is 3.33. The normalized spacial score (nSPS) is 13.5. The summed E-state index contributed by atoms with van der Waals surface area (Å²) in [5, 5.41) is 16.4. The Labute approximate surface area is 167 Å². The first-order chi connectivity index (χ1) is 13.3. The number of rotatable bonds is 7. The largest absolute Gasteiger partial charge is 0.481 e. The van der Waals surface area contributed by atoms with Crippen LogP contribution < -0.4 is 5.32 Å². The Balaban J connectivity index is 1.69. The molecule has 0 saturated carbocycles. The van der Waals surface area contributed by atoms with E-state index in [1.807, 2.05) is 6.92 Å². The molecular formula is C19H22ClFN4O3. The van der Waals surface area contributed by atoms with Crippen LogP contribution in [0.2, 0.25) is 5.02 Å². The van der Waals surface area contributed by atoms with Crippen molar-refractivity contribution in [2.75, 3.05) is 19.6 Å². The monoisotopic (exact) mass is 408 g/mol. The molecule has 1 aromatic carbocycles. The molecule has 3 rings (SSSR count). The molecule has 28 heavy (non-hydrogen) atoms. The second kappa shape index (κ2) is 8.70. The Bertz CT molecular complexity index is 900. The van der Waals surface area contributed by atoms with Gasteiger partial charge < -0.3 is 15.3 Å². The summed E-state index contributed by atoms with van der Waals surface area (Å²) in [5.41, 5.74) is 3.36. The van der Waals surface area contributed by atoms with E-state index in [1.165, 1.54) is 6.07 Å². The molecule has 9 heteroatoms. The number of fused-ring (bicyclic) bond motifs is 1. The predicted octanol–water partition coefficient (Wildman–Crippen LogP) is 1.98. The van der Waals surface area contributed by atoms with Gasteiger partial charge in [0.05, 0.1) is 37.4 Å². The minimum atomic E-state index is -0.906. The Morgan fingerprint density at radius 3 is 2.89 bits per heavy atom. The van der Waals surface area contributed by atoms with E-state index in [4.69, 9.17) is 16.7 Å². The Morgan fingerprint density at radius 1 is 1.39 bits per heavy atom. The highest BCUT2D eigenvalue weighted by molar-refractivity contribution is 6.30. The molecule has 1 aliphatic heterocycles. The van der Waals surface area contributed by atoms with Gasteiger partial charge in [-0.3, -0.25) is 14.3 Å². The number of aromatic nitrogens is 2. The van der Waals surface area contributed by atoms with E-state index in [1.54, 1.807) is 21.7 Å². The third kappa shape index (κ3) is 4.69. The van der Waals surface area contributed by atoms with Crippen molar-refractivity contribution in [1.82, 2.24) is 20.0 Å². The number of nitrogens with one attached hydrogen (secondary N) is 1. The third-order valence-corrected chi connectivity index (χ3v) is 5.05. The van der Waals surface area contributed by atoms with Crippen molar-refractivity contribution in [3.8, 4) is 0 Å². The Kier molecular flexibility index (Phi) is 6.31. The number of benzene rings is 1. The Hall–Kier alpha value is -2.45. The van der Waals surface area contributed by atoms with Crippen molar-refractivity contribution in [1.29, 1.82) is 0 Å². The van der Waals surface area contributed by atoms with Crippen LogP contribution >= 0.6 is 11.6 Å². The van der Waals surface area contributed by atoms with E-state index in [2.05, 4.69) is 10.4 Å². The molecule has 0 atom stereocenters. The molecule has 0 saturated heterocycles. The van der Waals surface area contributed by atoms with Crippen LogP contribution in [0.25, 0.3) is 0 Å². The number of aryl methyl sites for hydroxylation is 1. The summed E-state index contributed by atoms with van der Waals surface area (Å²) in [6, 6.07) is 4.55.